The van der Waals surface area contributed by atoms with Crippen molar-refractivity contribution in [2.75, 3.05) is 37.6 Å². The van der Waals surface area contributed by atoms with E-state index in [-0.39, 0.29) is 0 Å². The Kier molecular flexibility index (Phi) is 5.18. The Morgan fingerprint density at radius 2 is 1.95 bits per heavy atom. The highest BCUT2D eigenvalue weighted by atomic mass is 32.2. The second-order valence-corrected chi connectivity index (χ2v) is 7.53. The fraction of sp³-hybridized carbons (Fsp3) is 0.643. The lowest BCUT2D eigenvalue weighted by Gasteiger charge is -2.34. The maximum Gasteiger partial charge on any atom is 0.212 e. The lowest BCUT2D eigenvalue weighted by molar-refractivity contribution is 0.270. The molecule has 0 spiro atoms. The Labute approximate surface area is 127 Å². The second kappa shape index (κ2) is 6.72. The molecule has 2 heterocycles. The highest BCUT2D eigenvalue weighted by molar-refractivity contribution is 7.89. The molecular formula is C14H24N4O2S. The number of primary sulfonamides is 1. The molecule has 1 saturated heterocycles. The SMILES string of the molecule is CCN1CCN(c2ccc(CC(C)S(N)(=O)=O)cn2)CC1. The molecule has 1 fully saturated rings. The third kappa shape index (κ3) is 4.39. The Morgan fingerprint density at radius 3 is 2.43 bits per heavy atom. The van der Waals surface area contributed by atoms with Gasteiger partial charge in [0.1, 0.15) is 5.82 Å². The second-order valence-electron chi connectivity index (χ2n) is 5.55. The molecule has 21 heavy (non-hydrogen) atoms. The molecule has 118 valence electrons. The fourth-order valence-electron chi connectivity index (χ4n) is 2.47. The first-order valence-electron chi connectivity index (χ1n) is 7.34. The molecule has 7 heteroatoms. The molecule has 0 amide bonds. The van der Waals surface area contributed by atoms with E-state index in [1.807, 2.05) is 12.1 Å². The molecule has 0 bridgehead atoms. The van der Waals surface area contributed by atoms with Crippen LogP contribution in [0.25, 0.3) is 0 Å². The maximum atomic E-state index is 11.3. The molecular weight excluding hydrogens is 288 g/mol. The summed E-state index contributed by atoms with van der Waals surface area (Å²) in [5.74, 6) is 0.956. The zero-order valence-electron chi connectivity index (χ0n) is 12.7. The summed E-state index contributed by atoms with van der Waals surface area (Å²) in [6.07, 6.45) is 2.15. The first kappa shape index (κ1) is 16.2. The number of sulfonamides is 1. The number of pyridine rings is 1. The minimum Gasteiger partial charge on any atom is -0.354 e. The predicted octanol–water partition coefficient (Wildman–Crippen LogP) is 0.443. The minimum atomic E-state index is -3.48. The average molecular weight is 312 g/mol. The molecule has 0 radical (unpaired) electrons. The monoisotopic (exact) mass is 312 g/mol. The summed E-state index contributed by atoms with van der Waals surface area (Å²) < 4.78 is 22.5. The Bertz CT molecular complexity index is 551. The number of likely N-dealkylation sites (N-methyl/N-ethyl adjacent to an activating group) is 1. The largest absolute Gasteiger partial charge is 0.354 e. The number of piperazine rings is 1. The van der Waals surface area contributed by atoms with Gasteiger partial charge in [0.25, 0.3) is 0 Å². The van der Waals surface area contributed by atoms with E-state index in [0.29, 0.717) is 6.42 Å². The van der Waals surface area contributed by atoms with Crippen molar-refractivity contribution >= 4 is 15.8 Å². The Morgan fingerprint density at radius 1 is 1.29 bits per heavy atom. The van der Waals surface area contributed by atoms with E-state index >= 15 is 0 Å². The van der Waals surface area contributed by atoms with Crippen LogP contribution in [0.3, 0.4) is 0 Å². The summed E-state index contributed by atoms with van der Waals surface area (Å²) in [6.45, 7) is 8.96. The van der Waals surface area contributed by atoms with Crippen molar-refractivity contribution in [1.82, 2.24) is 9.88 Å². The van der Waals surface area contributed by atoms with Crippen molar-refractivity contribution in [2.24, 2.45) is 5.14 Å². The molecule has 1 aromatic rings. The van der Waals surface area contributed by atoms with Crippen molar-refractivity contribution in [3.05, 3.63) is 23.9 Å². The molecule has 2 N–H and O–H groups in total. The van der Waals surface area contributed by atoms with Crippen LogP contribution in [0.5, 0.6) is 0 Å². The van der Waals surface area contributed by atoms with E-state index in [1.54, 1.807) is 13.1 Å². The van der Waals surface area contributed by atoms with Crippen LogP contribution in [0.2, 0.25) is 0 Å². The number of hydrogen-bond donors (Lipinski definition) is 1. The molecule has 1 aliphatic rings. The minimum absolute atomic E-state index is 0.399. The third-order valence-corrected chi connectivity index (χ3v) is 5.32. The van der Waals surface area contributed by atoms with Gasteiger partial charge >= 0.3 is 0 Å². The summed E-state index contributed by atoms with van der Waals surface area (Å²) in [5.41, 5.74) is 0.896. The smallest absolute Gasteiger partial charge is 0.212 e. The number of rotatable bonds is 5. The van der Waals surface area contributed by atoms with E-state index in [4.69, 9.17) is 5.14 Å². The van der Waals surface area contributed by atoms with Gasteiger partial charge in [-0.05, 0) is 31.5 Å². The molecule has 1 atom stereocenters. The highest BCUT2D eigenvalue weighted by Crippen LogP contribution is 2.15. The van der Waals surface area contributed by atoms with Crippen LogP contribution >= 0.6 is 0 Å². The topological polar surface area (TPSA) is 79.5 Å². The maximum absolute atomic E-state index is 11.3. The van der Waals surface area contributed by atoms with Gasteiger partial charge in [0.05, 0.1) is 5.25 Å². The molecule has 1 aromatic heterocycles. The van der Waals surface area contributed by atoms with Gasteiger partial charge in [-0.3, -0.25) is 0 Å². The summed E-state index contributed by atoms with van der Waals surface area (Å²) >= 11 is 0. The van der Waals surface area contributed by atoms with E-state index in [9.17, 15) is 8.42 Å². The Balaban J connectivity index is 1.96. The van der Waals surface area contributed by atoms with Crippen LogP contribution in [-0.2, 0) is 16.4 Å². The summed E-state index contributed by atoms with van der Waals surface area (Å²) in [6, 6.07) is 3.91. The van der Waals surface area contributed by atoms with Crippen LogP contribution in [-0.4, -0.2) is 56.3 Å². The van der Waals surface area contributed by atoms with Crippen LogP contribution in [0.15, 0.2) is 18.3 Å². The molecule has 1 unspecified atom stereocenters. The van der Waals surface area contributed by atoms with E-state index < -0.39 is 15.3 Å². The average Bonchev–Trinajstić information content (AvgIpc) is 2.47. The van der Waals surface area contributed by atoms with Crippen LogP contribution in [0.1, 0.15) is 19.4 Å². The van der Waals surface area contributed by atoms with Gasteiger partial charge in [0.2, 0.25) is 10.0 Å². The lowest BCUT2D eigenvalue weighted by atomic mass is 10.1. The fourth-order valence-corrected chi connectivity index (χ4v) is 2.89. The summed E-state index contributed by atoms with van der Waals surface area (Å²) in [4.78, 5) is 9.14. The molecule has 0 aromatic carbocycles. The van der Waals surface area contributed by atoms with Crippen molar-refractivity contribution in [2.45, 2.75) is 25.5 Å². The summed E-state index contributed by atoms with van der Waals surface area (Å²) in [7, 11) is -3.48. The van der Waals surface area contributed by atoms with Gasteiger partial charge in [-0.15, -0.1) is 0 Å². The number of hydrogen-bond acceptors (Lipinski definition) is 5. The molecule has 0 saturated carbocycles. The first-order chi connectivity index (χ1) is 9.90. The van der Waals surface area contributed by atoms with Gasteiger partial charge in [0.15, 0.2) is 0 Å². The van der Waals surface area contributed by atoms with E-state index in [0.717, 1.165) is 44.1 Å². The lowest BCUT2D eigenvalue weighted by Crippen LogP contribution is -2.46. The summed E-state index contributed by atoms with van der Waals surface area (Å²) in [5, 5.41) is 4.55. The van der Waals surface area contributed by atoms with Gasteiger partial charge in [-0.1, -0.05) is 13.0 Å². The Hall–Kier alpha value is -1.18. The van der Waals surface area contributed by atoms with E-state index in [2.05, 4.69) is 21.7 Å². The van der Waals surface area contributed by atoms with Crippen LogP contribution < -0.4 is 10.0 Å². The number of nitrogens with zero attached hydrogens (tertiary/aromatic N) is 3. The normalized spacial score (nSPS) is 18.7. The van der Waals surface area contributed by atoms with Gasteiger partial charge < -0.3 is 9.80 Å². The zero-order chi connectivity index (χ0) is 15.5. The molecule has 0 aliphatic carbocycles. The first-order valence-corrected chi connectivity index (χ1v) is 8.95. The predicted molar refractivity (Wildman–Crippen MR) is 84.8 cm³/mol. The van der Waals surface area contributed by atoms with Gasteiger partial charge in [-0.2, -0.15) is 0 Å². The van der Waals surface area contributed by atoms with Gasteiger partial charge in [0, 0.05) is 32.4 Å². The van der Waals surface area contributed by atoms with E-state index in [1.165, 1.54) is 0 Å². The highest BCUT2D eigenvalue weighted by Gasteiger charge is 2.18. The van der Waals surface area contributed by atoms with Crippen molar-refractivity contribution in [3.63, 3.8) is 0 Å². The molecule has 2 rings (SSSR count). The quantitative estimate of drug-likeness (QED) is 0.853. The third-order valence-electron chi connectivity index (χ3n) is 4.04. The standard InChI is InChI=1S/C14H24N4O2S/c1-3-17-6-8-18(9-7-17)14-5-4-13(11-16-14)10-12(2)21(15,19)20/h4-5,11-12H,3,6-10H2,1-2H3,(H2,15,19,20). The van der Waals surface area contributed by atoms with Gasteiger partial charge in [-0.25, -0.2) is 18.5 Å². The number of anilines is 1. The van der Waals surface area contributed by atoms with Crippen molar-refractivity contribution in [3.8, 4) is 0 Å². The zero-order valence-corrected chi connectivity index (χ0v) is 13.5. The molecule has 6 nitrogen and oxygen atoms in total. The van der Waals surface area contributed by atoms with Crippen molar-refractivity contribution < 1.29 is 8.42 Å². The number of nitrogens with two attached hydrogens (primary N) is 1. The van der Waals surface area contributed by atoms with Crippen LogP contribution in [0.4, 0.5) is 5.82 Å². The van der Waals surface area contributed by atoms with Crippen LogP contribution in [0, 0.1) is 0 Å². The van der Waals surface area contributed by atoms with Crippen molar-refractivity contribution in [1.29, 1.82) is 0 Å². The molecule has 1 aliphatic heterocycles. The number of aromatic nitrogens is 1.